The van der Waals surface area contributed by atoms with Crippen molar-refractivity contribution in [2.75, 3.05) is 6.61 Å². The summed E-state index contributed by atoms with van der Waals surface area (Å²) < 4.78 is 6.92. The fraction of sp³-hybridized carbons (Fsp3) is 0.136. The average molecular weight is 373 g/mol. The second-order valence-corrected chi connectivity index (χ2v) is 6.40. The molecule has 0 atom stereocenters. The molecular weight excluding hydrogens is 354 g/mol. The Morgan fingerprint density at radius 3 is 2.71 bits per heavy atom. The third kappa shape index (κ3) is 3.32. The number of para-hydroxylation sites is 2. The number of carbonyl (C=O) groups is 2. The number of ether oxygens (including phenoxy) is 1. The number of imidazole rings is 1. The van der Waals surface area contributed by atoms with Crippen molar-refractivity contribution in [1.29, 1.82) is 0 Å². The zero-order chi connectivity index (χ0) is 19.5. The SMILES string of the molecule is CCc1cccc2c(C(=O)COC(=O)c3cn(-c4ccccc4)cn3)c[nH]c12. The number of Topliss-reactive ketones (excluding diaryl/α,β-unsaturated/α-hetero) is 1. The highest BCUT2D eigenvalue weighted by atomic mass is 16.5. The molecule has 2 aromatic heterocycles. The van der Waals surface area contributed by atoms with Crippen molar-refractivity contribution in [2.24, 2.45) is 0 Å². The van der Waals surface area contributed by atoms with Gasteiger partial charge in [0, 0.05) is 34.5 Å². The lowest BCUT2D eigenvalue weighted by Gasteiger charge is -2.03. The van der Waals surface area contributed by atoms with Gasteiger partial charge in [0.1, 0.15) is 6.33 Å². The summed E-state index contributed by atoms with van der Waals surface area (Å²) in [6.45, 7) is 1.73. The quantitative estimate of drug-likeness (QED) is 0.410. The lowest BCUT2D eigenvalue weighted by Crippen LogP contribution is -2.14. The number of nitrogens with zero attached hydrogens (tertiary/aromatic N) is 2. The summed E-state index contributed by atoms with van der Waals surface area (Å²) in [6.07, 6.45) is 5.66. The minimum atomic E-state index is -0.628. The van der Waals surface area contributed by atoms with Gasteiger partial charge < -0.3 is 14.3 Å². The minimum absolute atomic E-state index is 0.156. The van der Waals surface area contributed by atoms with E-state index in [1.807, 2.05) is 48.5 Å². The predicted molar refractivity (Wildman–Crippen MR) is 106 cm³/mol. The first kappa shape index (κ1) is 17.7. The summed E-state index contributed by atoms with van der Waals surface area (Å²) in [4.78, 5) is 32.1. The molecule has 140 valence electrons. The molecule has 28 heavy (non-hydrogen) atoms. The molecule has 1 N–H and O–H groups in total. The van der Waals surface area contributed by atoms with Crippen LogP contribution in [0.3, 0.4) is 0 Å². The van der Waals surface area contributed by atoms with Crippen molar-refractivity contribution in [2.45, 2.75) is 13.3 Å². The summed E-state index contributed by atoms with van der Waals surface area (Å²) >= 11 is 0. The van der Waals surface area contributed by atoms with E-state index in [0.29, 0.717) is 5.56 Å². The summed E-state index contributed by atoms with van der Waals surface area (Å²) in [6, 6.07) is 15.4. The normalized spacial score (nSPS) is 10.9. The van der Waals surface area contributed by atoms with Crippen LogP contribution < -0.4 is 0 Å². The molecule has 2 aromatic carbocycles. The number of rotatable bonds is 6. The summed E-state index contributed by atoms with van der Waals surface area (Å²) in [5, 5.41) is 0.841. The number of H-pyrrole nitrogens is 1. The van der Waals surface area contributed by atoms with Crippen LogP contribution in [0, 0.1) is 0 Å². The third-order valence-corrected chi connectivity index (χ3v) is 4.66. The van der Waals surface area contributed by atoms with Gasteiger partial charge in [-0.05, 0) is 24.1 Å². The highest BCUT2D eigenvalue weighted by Gasteiger charge is 2.17. The number of ketones is 1. The number of aryl methyl sites for hydroxylation is 1. The highest BCUT2D eigenvalue weighted by molar-refractivity contribution is 6.09. The van der Waals surface area contributed by atoms with Gasteiger partial charge in [-0.15, -0.1) is 0 Å². The Morgan fingerprint density at radius 2 is 1.93 bits per heavy atom. The van der Waals surface area contributed by atoms with Crippen molar-refractivity contribution in [3.8, 4) is 5.69 Å². The van der Waals surface area contributed by atoms with Crippen LogP contribution >= 0.6 is 0 Å². The monoisotopic (exact) mass is 373 g/mol. The van der Waals surface area contributed by atoms with E-state index in [1.54, 1.807) is 23.3 Å². The average Bonchev–Trinajstić information content (AvgIpc) is 3.39. The van der Waals surface area contributed by atoms with Crippen LogP contribution in [0.5, 0.6) is 0 Å². The molecule has 0 radical (unpaired) electrons. The lowest BCUT2D eigenvalue weighted by atomic mass is 10.1. The van der Waals surface area contributed by atoms with E-state index >= 15 is 0 Å². The van der Waals surface area contributed by atoms with Crippen molar-refractivity contribution in [1.82, 2.24) is 14.5 Å². The van der Waals surface area contributed by atoms with E-state index in [1.165, 1.54) is 0 Å². The molecule has 0 aliphatic rings. The standard InChI is InChI=1S/C22H19N3O3/c1-2-15-7-6-10-17-18(11-23-21(15)17)20(26)13-28-22(27)19-12-25(14-24-19)16-8-4-3-5-9-16/h3-12,14,23H,2,13H2,1H3. The molecule has 4 rings (SSSR count). The van der Waals surface area contributed by atoms with Crippen LogP contribution in [-0.4, -0.2) is 32.9 Å². The molecule has 0 saturated carbocycles. The summed E-state index contributed by atoms with van der Waals surface area (Å²) in [5.74, 6) is -0.882. The molecule has 0 bridgehead atoms. The second-order valence-electron chi connectivity index (χ2n) is 6.40. The Kier molecular flexibility index (Phi) is 4.76. The van der Waals surface area contributed by atoms with Crippen LogP contribution in [0.1, 0.15) is 33.3 Å². The molecule has 6 heteroatoms. The molecule has 0 unspecified atom stereocenters. The van der Waals surface area contributed by atoms with Gasteiger partial charge >= 0.3 is 5.97 Å². The molecule has 6 nitrogen and oxygen atoms in total. The smallest absolute Gasteiger partial charge is 0.358 e. The van der Waals surface area contributed by atoms with Crippen LogP contribution in [0.2, 0.25) is 0 Å². The number of hydrogen-bond donors (Lipinski definition) is 1. The van der Waals surface area contributed by atoms with E-state index in [9.17, 15) is 9.59 Å². The molecule has 0 spiro atoms. The van der Waals surface area contributed by atoms with Gasteiger partial charge in [0.15, 0.2) is 12.3 Å². The first-order chi connectivity index (χ1) is 13.7. The number of aromatic amines is 1. The van der Waals surface area contributed by atoms with Crippen molar-refractivity contribution >= 4 is 22.7 Å². The van der Waals surface area contributed by atoms with E-state index in [2.05, 4.69) is 16.9 Å². The van der Waals surface area contributed by atoms with Gasteiger partial charge in [-0.2, -0.15) is 0 Å². The fourth-order valence-electron chi connectivity index (χ4n) is 3.19. The Morgan fingerprint density at radius 1 is 1.11 bits per heavy atom. The van der Waals surface area contributed by atoms with Crippen LogP contribution in [0.25, 0.3) is 16.6 Å². The number of hydrogen-bond acceptors (Lipinski definition) is 4. The Bertz CT molecular complexity index is 1140. The summed E-state index contributed by atoms with van der Waals surface area (Å²) in [7, 11) is 0. The number of aromatic nitrogens is 3. The van der Waals surface area contributed by atoms with Crippen LogP contribution in [0.15, 0.2) is 67.3 Å². The Hall–Kier alpha value is -3.67. The Balaban J connectivity index is 1.46. The van der Waals surface area contributed by atoms with Gasteiger partial charge in [0.25, 0.3) is 0 Å². The van der Waals surface area contributed by atoms with E-state index in [4.69, 9.17) is 4.74 Å². The molecule has 0 aliphatic heterocycles. The maximum absolute atomic E-state index is 12.6. The van der Waals surface area contributed by atoms with Gasteiger partial charge in [-0.3, -0.25) is 4.79 Å². The van der Waals surface area contributed by atoms with Gasteiger partial charge in [0.05, 0.1) is 0 Å². The lowest BCUT2D eigenvalue weighted by molar-refractivity contribution is 0.0470. The first-order valence-electron chi connectivity index (χ1n) is 9.06. The molecule has 0 amide bonds. The maximum atomic E-state index is 12.6. The van der Waals surface area contributed by atoms with Crippen molar-refractivity contribution in [3.05, 3.63) is 84.1 Å². The van der Waals surface area contributed by atoms with Gasteiger partial charge in [-0.1, -0.05) is 43.3 Å². The molecule has 4 aromatic rings. The summed E-state index contributed by atoms with van der Waals surface area (Å²) in [5.41, 5.74) is 3.65. The number of carbonyl (C=O) groups excluding carboxylic acids is 2. The zero-order valence-electron chi connectivity index (χ0n) is 15.4. The Labute approximate surface area is 161 Å². The first-order valence-corrected chi connectivity index (χ1v) is 9.06. The van der Waals surface area contributed by atoms with E-state index < -0.39 is 5.97 Å². The number of fused-ring (bicyclic) bond motifs is 1. The highest BCUT2D eigenvalue weighted by Crippen LogP contribution is 2.22. The zero-order valence-corrected chi connectivity index (χ0v) is 15.4. The largest absolute Gasteiger partial charge is 0.453 e. The minimum Gasteiger partial charge on any atom is -0.453 e. The number of benzene rings is 2. The topological polar surface area (TPSA) is 77.0 Å². The van der Waals surface area contributed by atoms with Gasteiger partial charge in [0.2, 0.25) is 5.78 Å². The van der Waals surface area contributed by atoms with Crippen LogP contribution in [-0.2, 0) is 11.2 Å². The van der Waals surface area contributed by atoms with Crippen molar-refractivity contribution in [3.63, 3.8) is 0 Å². The van der Waals surface area contributed by atoms with E-state index in [0.717, 1.165) is 28.6 Å². The van der Waals surface area contributed by atoms with Crippen molar-refractivity contribution < 1.29 is 14.3 Å². The van der Waals surface area contributed by atoms with E-state index in [-0.39, 0.29) is 18.1 Å². The number of nitrogens with one attached hydrogen (secondary N) is 1. The molecule has 0 saturated heterocycles. The maximum Gasteiger partial charge on any atom is 0.358 e. The molecular formula is C22H19N3O3. The number of esters is 1. The second kappa shape index (κ2) is 7.52. The molecule has 0 fully saturated rings. The predicted octanol–water partition coefficient (Wildman–Crippen LogP) is 3.96. The fourth-order valence-corrected chi connectivity index (χ4v) is 3.19. The van der Waals surface area contributed by atoms with Crippen LogP contribution in [0.4, 0.5) is 0 Å². The third-order valence-electron chi connectivity index (χ3n) is 4.66. The van der Waals surface area contributed by atoms with Gasteiger partial charge in [-0.25, -0.2) is 9.78 Å². The molecule has 0 aliphatic carbocycles. The molecule has 2 heterocycles.